The SMILES string of the molecule is CCn1nccc1C(=O)Cc1ccc(OC)cc1. The van der Waals surface area contributed by atoms with Crippen LogP contribution in [0.3, 0.4) is 0 Å². The molecule has 0 aliphatic rings. The number of benzene rings is 1. The first-order chi connectivity index (χ1) is 8.74. The molecule has 0 unspecified atom stereocenters. The number of hydrogen-bond donors (Lipinski definition) is 0. The lowest BCUT2D eigenvalue weighted by Crippen LogP contribution is -2.11. The molecule has 0 amide bonds. The number of carbonyl (C=O) groups is 1. The minimum atomic E-state index is 0.0829. The maximum Gasteiger partial charge on any atom is 0.185 e. The number of nitrogens with zero attached hydrogens (tertiary/aromatic N) is 2. The van der Waals surface area contributed by atoms with Crippen LogP contribution in [0.15, 0.2) is 36.5 Å². The third-order valence-electron chi connectivity index (χ3n) is 2.83. The summed E-state index contributed by atoms with van der Waals surface area (Å²) < 4.78 is 6.80. The summed E-state index contributed by atoms with van der Waals surface area (Å²) in [5.74, 6) is 0.879. The van der Waals surface area contributed by atoms with Gasteiger partial charge in [-0.2, -0.15) is 5.10 Å². The van der Waals surface area contributed by atoms with E-state index in [2.05, 4.69) is 5.10 Å². The van der Waals surface area contributed by atoms with Crippen LogP contribution in [0, 0.1) is 0 Å². The Balaban J connectivity index is 2.11. The van der Waals surface area contributed by atoms with Crippen molar-refractivity contribution in [3.63, 3.8) is 0 Å². The second kappa shape index (κ2) is 5.49. The van der Waals surface area contributed by atoms with Crippen LogP contribution in [0.1, 0.15) is 23.0 Å². The Hall–Kier alpha value is -2.10. The third kappa shape index (κ3) is 2.59. The highest BCUT2D eigenvalue weighted by molar-refractivity contribution is 5.95. The number of aromatic nitrogens is 2. The molecule has 2 rings (SSSR count). The van der Waals surface area contributed by atoms with Gasteiger partial charge in [-0.15, -0.1) is 0 Å². The molecule has 0 spiro atoms. The van der Waals surface area contributed by atoms with Gasteiger partial charge in [-0.05, 0) is 30.7 Å². The Kier molecular flexibility index (Phi) is 3.77. The quantitative estimate of drug-likeness (QED) is 0.758. The van der Waals surface area contributed by atoms with Crippen LogP contribution in [-0.2, 0) is 13.0 Å². The van der Waals surface area contributed by atoms with Crippen LogP contribution >= 0.6 is 0 Å². The molecule has 0 N–H and O–H groups in total. The smallest absolute Gasteiger partial charge is 0.185 e. The number of aryl methyl sites for hydroxylation is 1. The van der Waals surface area contributed by atoms with Crippen molar-refractivity contribution < 1.29 is 9.53 Å². The zero-order valence-electron chi connectivity index (χ0n) is 10.6. The Labute approximate surface area is 106 Å². The van der Waals surface area contributed by atoms with Crippen LogP contribution in [0.2, 0.25) is 0 Å². The minimum absolute atomic E-state index is 0.0829. The van der Waals surface area contributed by atoms with Gasteiger partial charge in [0.25, 0.3) is 0 Å². The van der Waals surface area contributed by atoms with Gasteiger partial charge < -0.3 is 4.74 Å². The molecule has 0 aliphatic carbocycles. The van der Waals surface area contributed by atoms with E-state index < -0.39 is 0 Å². The number of ketones is 1. The zero-order chi connectivity index (χ0) is 13.0. The van der Waals surface area contributed by atoms with Gasteiger partial charge in [0.05, 0.1) is 7.11 Å². The van der Waals surface area contributed by atoms with Gasteiger partial charge in [-0.3, -0.25) is 9.48 Å². The standard InChI is InChI=1S/C14H16N2O2/c1-3-16-13(8-9-15-16)14(17)10-11-4-6-12(18-2)7-5-11/h4-9H,3,10H2,1-2H3. The molecule has 2 aromatic rings. The number of rotatable bonds is 5. The molecule has 0 fully saturated rings. The van der Waals surface area contributed by atoms with Gasteiger partial charge in [0, 0.05) is 19.2 Å². The van der Waals surface area contributed by atoms with Gasteiger partial charge in [-0.25, -0.2) is 0 Å². The largest absolute Gasteiger partial charge is 0.497 e. The van der Waals surface area contributed by atoms with Crippen molar-refractivity contribution in [3.8, 4) is 5.75 Å². The summed E-state index contributed by atoms with van der Waals surface area (Å²) in [6.45, 7) is 2.67. The predicted octanol–water partition coefficient (Wildman–Crippen LogP) is 2.34. The molecule has 0 atom stereocenters. The summed E-state index contributed by atoms with van der Waals surface area (Å²) >= 11 is 0. The predicted molar refractivity (Wildman–Crippen MR) is 68.9 cm³/mol. The average molecular weight is 244 g/mol. The second-order valence-electron chi connectivity index (χ2n) is 3.98. The first kappa shape index (κ1) is 12.4. The highest BCUT2D eigenvalue weighted by atomic mass is 16.5. The summed E-state index contributed by atoms with van der Waals surface area (Å²) in [5, 5.41) is 4.10. The first-order valence-electron chi connectivity index (χ1n) is 5.92. The van der Waals surface area contributed by atoms with E-state index in [0.29, 0.717) is 18.7 Å². The third-order valence-corrected chi connectivity index (χ3v) is 2.83. The van der Waals surface area contributed by atoms with Gasteiger partial charge >= 0.3 is 0 Å². The van der Waals surface area contributed by atoms with E-state index in [9.17, 15) is 4.79 Å². The monoisotopic (exact) mass is 244 g/mol. The summed E-state index contributed by atoms with van der Waals surface area (Å²) in [6, 6.07) is 9.29. The lowest BCUT2D eigenvalue weighted by molar-refractivity contribution is 0.0982. The Morgan fingerprint density at radius 2 is 2.00 bits per heavy atom. The molecule has 0 bridgehead atoms. The molecule has 94 valence electrons. The van der Waals surface area contributed by atoms with E-state index in [1.807, 2.05) is 31.2 Å². The minimum Gasteiger partial charge on any atom is -0.497 e. The number of Topliss-reactive ketones (excluding diaryl/α,β-unsaturated/α-hetero) is 1. The van der Waals surface area contributed by atoms with Crippen LogP contribution in [-0.4, -0.2) is 22.7 Å². The number of methoxy groups -OCH3 is 1. The molecule has 4 heteroatoms. The van der Waals surface area contributed by atoms with Crippen molar-refractivity contribution in [1.29, 1.82) is 0 Å². The zero-order valence-corrected chi connectivity index (χ0v) is 10.6. The van der Waals surface area contributed by atoms with E-state index in [1.54, 1.807) is 24.1 Å². The molecule has 0 saturated carbocycles. The molecule has 1 aromatic heterocycles. The fourth-order valence-electron chi connectivity index (χ4n) is 1.84. The molecule has 1 aromatic carbocycles. The van der Waals surface area contributed by atoms with Crippen molar-refractivity contribution in [2.75, 3.05) is 7.11 Å². The molecule has 18 heavy (non-hydrogen) atoms. The van der Waals surface area contributed by atoms with E-state index in [4.69, 9.17) is 4.74 Å². The van der Waals surface area contributed by atoms with Crippen LogP contribution in [0.4, 0.5) is 0 Å². The molecule has 0 aliphatic heterocycles. The normalized spacial score (nSPS) is 10.3. The topological polar surface area (TPSA) is 44.1 Å². The highest BCUT2D eigenvalue weighted by Gasteiger charge is 2.11. The summed E-state index contributed by atoms with van der Waals surface area (Å²) in [7, 11) is 1.62. The molecule has 0 radical (unpaired) electrons. The molecule has 1 heterocycles. The highest BCUT2D eigenvalue weighted by Crippen LogP contribution is 2.13. The molecular formula is C14H16N2O2. The van der Waals surface area contributed by atoms with Crippen molar-refractivity contribution in [1.82, 2.24) is 9.78 Å². The van der Waals surface area contributed by atoms with Gasteiger partial charge in [0.2, 0.25) is 0 Å². The van der Waals surface area contributed by atoms with E-state index >= 15 is 0 Å². The second-order valence-corrected chi connectivity index (χ2v) is 3.98. The lowest BCUT2D eigenvalue weighted by atomic mass is 10.1. The number of hydrogen-bond acceptors (Lipinski definition) is 3. The molecule has 0 saturated heterocycles. The number of ether oxygens (including phenoxy) is 1. The molecule has 4 nitrogen and oxygen atoms in total. The van der Waals surface area contributed by atoms with Gasteiger partial charge in [0.15, 0.2) is 5.78 Å². The van der Waals surface area contributed by atoms with Crippen molar-refractivity contribution in [2.24, 2.45) is 0 Å². The van der Waals surface area contributed by atoms with Crippen molar-refractivity contribution in [2.45, 2.75) is 19.9 Å². The van der Waals surface area contributed by atoms with Crippen molar-refractivity contribution in [3.05, 3.63) is 47.8 Å². The van der Waals surface area contributed by atoms with E-state index in [0.717, 1.165) is 11.3 Å². The average Bonchev–Trinajstić information content (AvgIpc) is 2.88. The maximum atomic E-state index is 12.1. The Morgan fingerprint density at radius 3 is 2.61 bits per heavy atom. The molecular weight excluding hydrogens is 228 g/mol. The Morgan fingerprint density at radius 1 is 1.28 bits per heavy atom. The van der Waals surface area contributed by atoms with Crippen molar-refractivity contribution >= 4 is 5.78 Å². The van der Waals surface area contributed by atoms with Crippen LogP contribution in [0.5, 0.6) is 5.75 Å². The summed E-state index contributed by atoms with van der Waals surface area (Å²) in [6.07, 6.45) is 2.04. The fraction of sp³-hybridized carbons (Fsp3) is 0.286. The van der Waals surface area contributed by atoms with Crippen LogP contribution in [0.25, 0.3) is 0 Å². The van der Waals surface area contributed by atoms with E-state index in [1.165, 1.54) is 0 Å². The summed E-state index contributed by atoms with van der Waals surface area (Å²) in [5.41, 5.74) is 1.64. The van der Waals surface area contributed by atoms with Gasteiger partial charge in [-0.1, -0.05) is 12.1 Å². The summed E-state index contributed by atoms with van der Waals surface area (Å²) in [4.78, 5) is 12.1. The van der Waals surface area contributed by atoms with Crippen LogP contribution < -0.4 is 4.74 Å². The van der Waals surface area contributed by atoms with Gasteiger partial charge in [0.1, 0.15) is 11.4 Å². The first-order valence-corrected chi connectivity index (χ1v) is 5.92. The van der Waals surface area contributed by atoms with E-state index in [-0.39, 0.29) is 5.78 Å². The fourth-order valence-corrected chi connectivity index (χ4v) is 1.84. The Bertz CT molecular complexity index is 529. The maximum absolute atomic E-state index is 12.1. The number of carbonyl (C=O) groups excluding carboxylic acids is 1. The lowest BCUT2D eigenvalue weighted by Gasteiger charge is -2.05.